The van der Waals surface area contributed by atoms with E-state index in [9.17, 15) is 39.9 Å². The third kappa shape index (κ3) is 16.0. The molecule has 0 spiro atoms. The van der Waals surface area contributed by atoms with Gasteiger partial charge in [0.25, 0.3) is 0 Å². The molecule has 0 aliphatic carbocycles. The van der Waals surface area contributed by atoms with E-state index in [-0.39, 0.29) is 49.5 Å². The first kappa shape index (κ1) is 65.4. The zero-order chi connectivity index (χ0) is 58.2. The first-order valence-electron chi connectivity index (χ1n) is 27.9. The predicted molar refractivity (Wildman–Crippen MR) is 296 cm³/mol. The monoisotopic (exact) mass is 1100 g/mol. The van der Waals surface area contributed by atoms with Crippen LogP contribution in [-0.4, -0.2) is 222 Å². The van der Waals surface area contributed by atoms with Gasteiger partial charge < -0.3 is 82.7 Å². The number of aliphatic hydroxyl groups excluding tert-OH is 2. The van der Waals surface area contributed by atoms with Crippen molar-refractivity contribution in [1.82, 2.24) is 19.3 Å². The van der Waals surface area contributed by atoms with Crippen LogP contribution in [0, 0.1) is 17.8 Å². The lowest BCUT2D eigenvalue weighted by molar-refractivity contribution is -0.320. The number of methoxy groups -OCH3 is 1. The Morgan fingerprint density at radius 1 is 0.949 bits per heavy atom. The van der Waals surface area contributed by atoms with Gasteiger partial charge in [-0.25, -0.2) is 4.79 Å². The highest BCUT2D eigenvalue weighted by Crippen LogP contribution is 2.41. The minimum absolute atomic E-state index is 0.176. The summed E-state index contributed by atoms with van der Waals surface area (Å²) in [7, 11) is 11.1. The summed E-state index contributed by atoms with van der Waals surface area (Å²) in [6.07, 6.45) is -2.42. The molecule has 20 heteroatoms. The smallest absolute Gasteiger partial charge is 0.341 e. The van der Waals surface area contributed by atoms with Gasteiger partial charge in [-0.3, -0.25) is 9.59 Å². The van der Waals surface area contributed by atoms with Crippen molar-refractivity contribution in [3.63, 3.8) is 0 Å². The van der Waals surface area contributed by atoms with Gasteiger partial charge in [0.15, 0.2) is 12.6 Å². The number of aromatic carboxylic acids is 1. The molecule has 1 aromatic carbocycles. The molecule has 2 aromatic rings. The van der Waals surface area contributed by atoms with Gasteiger partial charge >= 0.3 is 11.9 Å². The molecule has 3 aliphatic rings. The number of cyclic esters (lactones) is 1. The fraction of sp³-hybridized carbons (Fsp3) is 0.776. The second kappa shape index (κ2) is 28.0. The van der Waals surface area contributed by atoms with E-state index in [1.807, 2.05) is 109 Å². The number of carbonyl (C=O) groups excluding carboxylic acids is 1. The minimum atomic E-state index is -1.84. The van der Waals surface area contributed by atoms with Crippen LogP contribution in [0.4, 0.5) is 0 Å². The van der Waals surface area contributed by atoms with E-state index in [4.69, 9.17) is 37.9 Å². The van der Waals surface area contributed by atoms with Crippen molar-refractivity contribution in [2.24, 2.45) is 17.8 Å². The highest BCUT2D eigenvalue weighted by atomic mass is 16.7. The topological polar surface area (TPSA) is 241 Å². The molecule has 0 saturated carbocycles. The van der Waals surface area contributed by atoms with E-state index in [1.165, 1.54) is 13.1 Å². The number of carboxylic acids is 1. The van der Waals surface area contributed by atoms with Crippen molar-refractivity contribution in [2.45, 2.75) is 198 Å². The van der Waals surface area contributed by atoms with Gasteiger partial charge in [-0.15, -0.1) is 0 Å². The van der Waals surface area contributed by atoms with Crippen molar-refractivity contribution >= 4 is 28.9 Å². The van der Waals surface area contributed by atoms with Gasteiger partial charge in [-0.2, -0.15) is 0 Å². The van der Waals surface area contributed by atoms with E-state index in [0.717, 1.165) is 5.56 Å². The lowest BCUT2D eigenvalue weighted by Gasteiger charge is -2.49. The number of aromatic nitrogens is 1. The second-order valence-corrected chi connectivity index (χ2v) is 23.8. The van der Waals surface area contributed by atoms with Crippen LogP contribution in [0.15, 0.2) is 35.3 Å². The number of ether oxygens (including phenoxy) is 8. The largest absolute Gasteiger partial charge is 0.477 e. The Labute approximate surface area is 462 Å². The molecule has 3 fully saturated rings. The highest BCUT2D eigenvalue weighted by molar-refractivity contribution is 5.93. The number of hydrogen-bond donors (Lipinski definition) is 5. The number of nitrogens with zero attached hydrogens (tertiary/aromatic N) is 4. The molecule has 20 nitrogen and oxygen atoms in total. The van der Waals surface area contributed by atoms with Crippen molar-refractivity contribution in [3.05, 3.63) is 51.8 Å². The molecule has 5 N–H and O–H groups in total. The van der Waals surface area contributed by atoms with Gasteiger partial charge in [-0.05, 0) is 133 Å². The maximum Gasteiger partial charge on any atom is 0.341 e. The summed E-state index contributed by atoms with van der Waals surface area (Å²) in [4.78, 5) is 45.5. The molecular weight excluding hydrogens is 1010 g/mol. The Kier molecular flexibility index (Phi) is 23.5. The Hall–Kier alpha value is -3.45. The zero-order valence-electron chi connectivity index (χ0n) is 49.4. The second-order valence-electron chi connectivity index (χ2n) is 23.8. The number of hydrogen-bond acceptors (Lipinski definition) is 18. The minimum Gasteiger partial charge on any atom is -0.477 e. The number of likely N-dealkylation sites (N-methyl/N-ethyl adjacent to an activating group) is 3. The number of rotatable bonds is 19. The molecule has 5 rings (SSSR count). The number of aliphatic hydroxyl groups is 4. The summed E-state index contributed by atoms with van der Waals surface area (Å²) in [5, 5.41) is 58.2. The van der Waals surface area contributed by atoms with Crippen LogP contribution in [0.3, 0.4) is 0 Å². The summed E-state index contributed by atoms with van der Waals surface area (Å²) >= 11 is 0. The molecule has 0 unspecified atom stereocenters. The Morgan fingerprint density at radius 3 is 2.27 bits per heavy atom. The zero-order valence-corrected chi connectivity index (χ0v) is 49.4. The lowest BCUT2D eigenvalue weighted by atomic mass is 9.77. The predicted octanol–water partition coefficient (Wildman–Crippen LogP) is 4.62. The summed E-state index contributed by atoms with van der Waals surface area (Å²) in [5.41, 5.74) is -3.81. The van der Waals surface area contributed by atoms with Gasteiger partial charge in [0.2, 0.25) is 5.43 Å². The Bertz CT molecular complexity index is 2350. The van der Waals surface area contributed by atoms with Gasteiger partial charge in [0.05, 0.1) is 53.7 Å². The molecule has 78 heavy (non-hydrogen) atoms. The quantitative estimate of drug-likeness (QED) is 0.0953. The molecule has 444 valence electrons. The van der Waals surface area contributed by atoms with E-state index in [0.29, 0.717) is 56.6 Å². The molecule has 3 saturated heterocycles. The molecule has 0 amide bonds. The average molecular weight is 1110 g/mol. The van der Waals surface area contributed by atoms with Crippen LogP contribution in [0.25, 0.3) is 17.0 Å². The van der Waals surface area contributed by atoms with Crippen molar-refractivity contribution < 1.29 is 73.0 Å². The summed E-state index contributed by atoms with van der Waals surface area (Å²) < 4.78 is 53.3. The molecule has 4 heterocycles. The van der Waals surface area contributed by atoms with E-state index in [2.05, 4.69) is 0 Å². The average Bonchev–Trinajstić information content (AvgIpc) is 3.43. The number of carboxylic acid groups (broad SMARTS) is 1. The number of pyridine rings is 1. The van der Waals surface area contributed by atoms with Crippen molar-refractivity contribution in [1.29, 1.82) is 0 Å². The molecule has 1 aromatic heterocycles. The van der Waals surface area contributed by atoms with Crippen LogP contribution in [0.1, 0.15) is 117 Å². The molecule has 18 atom stereocenters. The van der Waals surface area contributed by atoms with Gasteiger partial charge in [0, 0.05) is 76.0 Å². The van der Waals surface area contributed by atoms with Crippen molar-refractivity contribution in [2.75, 3.05) is 75.3 Å². The maximum absolute atomic E-state index is 14.6. The van der Waals surface area contributed by atoms with Crippen LogP contribution < -0.4 is 5.43 Å². The number of esters is 1. The van der Waals surface area contributed by atoms with E-state index < -0.39 is 107 Å². The lowest BCUT2D eigenvalue weighted by Crippen LogP contribution is -2.61. The van der Waals surface area contributed by atoms with E-state index in [1.54, 1.807) is 45.4 Å². The van der Waals surface area contributed by atoms with Crippen LogP contribution in [0.2, 0.25) is 0 Å². The maximum atomic E-state index is 14.6. The molecule has 0 radical (unpaired) electrons. The fourth-order valence-electron chi connectivity index (χ4n) is 11.9. The first-order valence-corrected chi connectivity index (χ1v) is 27.9. The highest BCUT2D eigenvalue weighted by Gasteiger charge is 2.53. The number of carbonyl (C=O) groups is 2. The standard InChI is InChI=1S/C58H96N4O16/c1-17-45-58(10,70)50(65)38(6)61(15)32-34(2)30-56(8,69)51(78-55-48(64)44(60(13)14)28-35(3)74-55)36(4)49(37(5)54(68)76-45)77-46-31-57(9,71-16)52(39(7)75-46)73-27-19-26-72-25-18-20-40-21-22-43-41(29-40)47(63)42(53(66)67)33-62(43)24-23-59(11)12/h18,20-22,29,33-39,44-46,48-52,55,64-65,69-70H,17,19,23-28,30-32H2,1-16H3,(H,66,67)/b20-18+/t34-,35-,36+,37-,38-,39+,44+,45-,46+,48-,49+,50-,51-,52+,55+,56-,57-,58-/m1/s1. The van der Waals surface area contributed by atoms with Crippen molar-refractivity contribution in [3.8, 4) is 0 Å². The van der Waals surface area contributed by atoms with Gasteiger partial charge in [0.1, 0.15) is 35.6 Å². The van der Waals surface area contributed by atoms with Crippen LogP contribution in [0.5, 0.6) is 0 Å². The van der Waals surface area contributed by atoms with Gasteiger partial charge in [-0.1, -0.05) is 39.0 Å². The summed E-state index contributed by atoms with van der Waals surface area (Å²) in [6.45, 7) is 20.5. The Balaban J connectivity index is 1.33. The number of fused-ring (bicyclic) bond motifs is 1. The third-order valence-corrected chi connectivity index (χ3v) is 16.5. The number of benzene rings is 1. The van der Waals surface area contributed by atoms with Crippen LogP contribution >= 0.6 is 0 Å². The molecule has 3 aliphatic heterocycles. The fourth-order valence-corrected chi connectivity index (χ4v) is 11.9. The first-order chi connectivity index (χ1) is 36.5. The Morgan fingerprint density at radius 2 is 1.64 bits per heavy atom. The van der Waals surface area contributed by atoms with Crippen LogP contribution in [-0.2, 0) is 49.2 Å². The summed E-state index contributed by atoms with van der Waals surface area (Å²) in [5.74, 6) is -3.99. The molecular formula is C58H96N4O16. The summed E-state index contributed by atoms with van der Waals surface area (Å²) in [6, 6.07) is 4.54. The third-order valence-electron chi connectivity index (χ3n) is 16.5. The molecule has 0 bridgehead atoms. The van der Waals surface area contributed by atoms with E-state index >= 15 is 0 Å². The SMILES string of the molecule is CC[C@H]1OC(=O)[C@H](C)[C@@H](O[C@H]2C[C@@](C)(OC)[C@@H](OCCCOC/C=C/c3ccc4c(c3)c(=O)c(C(=O)O)cn4CCN(C)C)[C@H](C)O2)[C@H](C)[C@@H](O[C@@H]2O[C@H](C)C[C@H](N(C)C)[C@H]2O)[C@](C)(O)C[C@@H](C)CN(C)[C@H](C)[C@@H](O)[C@]1(C)O. The normalized spacial score (nSPS) is 37.2.